The van der Waals surface area contributed by atoms with Crippen molar-refractivity contribution in [2.24, 2.45) is 0 Å². The van der Waals surface area contributed by atoms with Gasteiger partial charge in [0.05, 0.1) is 41.1 Å². The minimum atomic E-state index is -1.33. The highest BCUT2D eigenvalue weighted by atomic mass is 35.5. The van der Waals surface area contributed by atoms with Gasteiger partial charge in [0.15, 0.2) is 0 Å². The molecule has 0 amide bonds. The van der Waals surface area contributed by atoms with Crippen LogP contribution in [0.3, 0.4) is 0 Å². The number of hydrogen-bond acceptors (Lipinski definition) is 2. The zero-order valence-corrected chi connectivity index (χ0v) is 39.4. The first-order valence-electron chi connectivity index (χ1n) is 19.7. The Labute approximate surface area is 336 Å². The lowest BCUT2D eigenvalue weighted by Crippen LogP contribution is -2.61. The fraction of sp³-hybridized carbons (Fsp3) is 0.478. The molecule has 0 radical (unpaired) electrons. The molecule has 0 aliphatic heterocycles. The van der Waals surface area contributed by atoms with E-state index in [2.05, 4.69) is 177 Å². The number of ether oxygens (including phenoxy) is 2. The van der Waals surface area contributed by atoms with Crippen LogP contribution < -0.4 is 10.4 Å². The van der Waals surface area contributed by atoms with Gasteiger partial charge < -0.3 is 9.47 Å². The van der Waals surface area contributed by atoms with Crippen molar-refractivity contribution in [3.63, 3.8) is 0 Å². The van der Waals surface area contributed by atoms with E-state index in [1.807, 2.05) is 0 Å². The van der Waals surface area contributed by atoms with Gasteiger partial charge >= 0.3 is 0 Å². The average Bonchev–Trinajstić information content (AvgIpc) is 3.15. The zero-order chi connectivity index (χ0) is 39.4. The fourth-order valence-corrected chi connectivity index (χ4v) is 12.7. The zero-order valence-electron chi connectivity index (χ0n) is 34.9. The lowest BCUT2D eigenvalue weighted by molar-refractivity contribution is 0.0423. The van der Waals surface area contributed by atoms with Gasteiger partial charge in [-0.3, -0.25) is 0 Å². The minimum absolute atomic E-state index is 0.143. The largest absolute Gasteiger partial charge is 0.373 e. The Morgan fingerprint density at radius 2 is 0.792 bits per heavy atom. The van der Waals surface area contributed by atoms with Gasteiger partial charge in [0, 0.05) is 31.2 Å². The molecule has 2 nitrogen and oxygen atoms in total. The molecule has 0 heterocycles. The summed E-state index contributed by atoms with van der Waals surface area (Å²) in [7, 11) is -3.70. The third-order valence-electron chi connectivity index (χ3n) is 11.3. The van der Waals surface area contributed by atoms with Crippen LogP contribution in [0, 0.1) is 0 Å². The van der Waals surface area contributed by atoms with Crippen LogP contribution in [0.15, 0.2) is 97.1 Å². The Morgan fingerprint density at radius 3 is 1.08 bits per heavy atom. The third kappa shape index (κ3) is 13.3. The van der Waals surface area contributed by atoms with Crippen molar-refractivity contribution < 1.29 is 9.47 Å². The summed E-state index contributed by atoms with van der Waals surface area (Å²) >= 11 is 11.8. The van der Waals surface area contributed by atoms with Gasteiger partial charge in [-0.15, -0.1) is 23.2 Å². The third-order valence-corrected chi connectivity index (χ3v) is 31.6. The van der Waals surface area contributed by atoms with Crippen molar-refractivity contribution in [3.8, 4) is 0 Å². The summed E-state index contributed by atoms with van der Waals surface area (Å²) in [6.07, 6.45) is 2.24. The van der Waals surface area contributed by atoms with Crippen LogP contribution >= 0.6 is 23.2 Å². The van der Waals surface area contributed by atoms with E-state index < -0.39 is 23.3 Å². The molecule has 0 N–H and O–H groups in total. The summed E-state index contributed by atoms with van der Waals surface area (Å²) in [5, 5.41) is 3.10. The SMILES string of the molecule is CCC(OCC(C)c1ccc([Si](C)(C)C)cc1)c1ccc(CCl)cc1.CCC(OCC(C)c1ccc([Si](C)(C)[Si](C)(C)C)cc1)c1ccc(CCl)cc1. The van der Waals surface area contributed by atoms with Gasteiger partial charge in [0.2, 0.25) is 0 Å². The van der Waals surface area contributed by atoms with Crippen molar-refractivity contribution in [1.29, 1.82) is 0 Å². The van der Waals surface area contributed by atoms with Crippen molar-refractivity contribution in [2.75, 3.05) is 13.2 Å². The maximum atomic E-state index is 6.30. The topological polar surface area (TPSA) is 18.5 Å². The normalized spacial score (nSPS) is 14.5. The summed E-state index contributed by atoms with van der Waals surface area (Å²) in [5.41, 5.74) is 7.50. The Morgan fingerprint density at radius 1 is 0.472 bits per heavy atom. The molecule has 0 aromatic heterocycles. The second-order valence-corrected chi connectivity index (χ2v) is 39.6. The van der Waals surface area contributed by atoms with Gasteiger partial charge in [-0.25, -0.2) is 0 Å². The molecule has 0 saturated heterocycles. The summed E-state index contributed by atoms with van der Waals surface area (Å²) in [5.74, 6) is 1.90. The Hall–Kier alpha value is -1.97. The molecule has 0 saturated carbocycles. The molecule has 4 atom stereocenters. The van der Waals surface area contributed by atoms with E-state index in [0.29, 0.717) is 23.6 Å². The molecule has 4 aromatic rings. The Kier molecular flexibility index (Phi) is 17.8. The van der Waals surface area contributed by atoms with E-state index in [1.54, 1.807) is 5.19 Å². The number of benzene rings is 4. The number of rotatable bonds is 17. The van der Waals surface area contributed by atoms with Gasteiger partial charge in [-0.05, 0) is 46.2 Å². The maximum Gasteiger partial charge on any atom is 0.0822 e. The van der Waals surface area contributed by atoms with Crippen molar-refractivity contribution in [2.45, 2.75) is 129 Å². The molecule has 0 bridgehead atoms. The predicted octanol–water partition coefficient (Wildman–Crippen LogP) is 13.3. The fourth-order valence-electron chi connectivity index (χ4n) is 6.23. The Bertz CT molecular complexity index is 1630. The van der Waals surface area contributed by atoms with Crippen LogP contribution in [-0.4, -0.2) is 36.5 Å². The minimum Gasteiger partial charge on any atom is -0.373 e. The summed E-state index contributed by atoms with van der Waals surface area (Å²) < 4.78 is 12.5. The average molecular weight is 808 g/mol. The quantitative estimate of drug-likeness (QED) is 0.0781. The number of alkyl halides is 2. The van der Waals surface area contributed by atoms with Crippen LogP contribution in [0.5, 0.6) is 0 Å². The van der Waals surface area contributed by atoms with Crippen molar-refractivity contribution in [3.05, 3.63) is 130 Å². The molecular weight excluding hydrogens is 740 g/mol. The van der Waals surface area contributed by atoms with E-state index in [0.717, 1.165) is 37.2 Å². The molecule has 7 heteroatoms. The molecule has 4 aromatic carbocycles. The Balaban J connectivity index is 0.000000287. The van der Waals surface area contributed by atoms with E-state index in [-0.39, 0.29) is 12.2 Å². The van der Waals surface area contributed by atoms with Crippen molar-refractivity contribution >= 4 is 56.8 Å². The molecule has 0 aliphatic carbocycles. The molecule has 0 aliphatic rings. The molecule has 53 heavy (non-hydrogen) atoms. The van der Waals surface area contributed by atoms with Crippen LogP contribution in [0.2, 0.25) is 52.4 Å². The van der Waals surface area contributed by atoms with E-state index >= 15 is 0 Å². The standard InChI is InChI=1S/C24H37ClOSi2.C22H31ClOSi/c1-8-24(22-11-9-20(17-25)10-12-22)26-18-19(2)21-13-15-23(16-14-21)28(6,7)27(3,4)5;1-6-22(20-9-7-18(15-23)8-10-20)24-16-17(2)19-11-13-21(14-12-19)25(3,4)5/h9-16,19,24H,8,17-18H2,1-7H3;7-14,17,22H,6,15-16H2,1-5H3. The van der Waals surface area contributed by atoms with E-state index in [9.17, 15) is 0 Å². The van der Waals surface area contributed by atoms with Crippen LogP contribution in [0.4, 0.5) is 0 Å². The van der Waals surface area contributed by atoms with Gasteiger partial charge in [-0.1, -0.05) is 188 Å². The summed E-state index contributed by atoms with van der Waals surface area (Å²) in [4.78, 5) is 0. The van der Waals surface area contributed by atoms with Gasteiger partial charge in [0.1, 0.15) is 0 Å². The smallest absolute Gasteiger partial charge is 0.0822 e. The second kappa shape index (κ2) is 20.8. The predicted molar refractivity (Wildman–Crippen MR) is 243 cm³/mol. The first kappa shape index (κ1) is 45.4. The first-order valence-corrected chi connectivity index (χ1v) is 31.8. The lowest BCUT2D eigenvalue weighted by atomic mass is 10.0. The summed E-state index contributed by atoms with van der Waals surface area (Å²) in [6, 6.07) is 35.5. The van der Waals surface area contributed by atoms with Gasteiger partial charge in [0.25, 0.3) is 0 Å². The van der Waals surface area contributed by atoms with E-state index in [1.165, 1.54) is 27.4 Å². The van der Waals surface area contributed by atoms with Crippen LogP contribution in [0.25, 0.3) is 0 Å². The molecular formula is C46H68Cl2O2Si3. The van der Waals surface area contributed by atoms with E-state index in [4.69, 9.17) is 32.7 Å². The highest BCUT2D eigenvalue weighted by molar-refractivity contribution is 7.45. The second-order valence-electron chi connectivity index (χ2n) is 17.4. The molecule has 0 fully saturated rings. The van der Waals surface area contributed by atoms with Crippen LogP contribution in [-0.2, 0) is 21.2 Å². The highest BCUT2D eigenvalue weighted by Gasteiger charge is 2.38. The monoisotopic (exact) mass is 806 g/mol. The highest BCUT2D eigenvalue weighted by Crippen LogP contribution is 2.27. The lowest BCUT2D eigenvalue weighted by Gasteiger charge is -2.36. The molecule has 4 rings (SSSR count). The molecule has 0 spiro atoms. The van der Waals surface area contributed by atoms with Crippen LogP contribution in [0.1, 0.15) is 98.0 Å². The van der Waals surface area contributed by atoms with Crippen molar-refractivity contribution in [1.82, 2.24) is 0 Å². The maximum absolute atomic E-state index is 6.30. The molecule has 290 valence electrons. The van der Waals surface area contributed by atoms with Gasteiger partial charge in [-0.2, -0.15) is 0 Å². The molecule has 4 unspecified atom stereocenters. The number of hydrogen-bond donors (Lipinski definition) is 0. The summed E-state index contributed by atoms with van der Waals surface area (Å²) in [6.45, 7) is 30.1. The first-order chi connectivity index (χ1) is 24.9. The number of halogens is 2.